The predicted octanol–water partition coefficient (Wildman–Crippen LogP) is 1.71. The topological polar surface area (TPSA) is 98.2 Å². The van der Waals surface area contributed by atoms with Crippen molar-refractivity contribution in [2.24, 2.45) is 0 Å². The smallest absolute Gasteiger partial charge is 0.265 e. The van der Waals surface area contributed by atoms with Crippen molar-refractivity contribution >= 4 is 33.1 Å². The van der Waals surface area contributed by atoms with Crippen LogP contribution in [0.5, 0.6) is 0 Å². The maximum atomic E-state index is 11.9. The number of halogens is 1. The molecule has 0 spiro atoms. The van der Waals surface area contributed by atoms with Crippen LogP contribution in [0.2, 0.25) is 5.02 Å². The third kappa shape index (κ3) is 2.51. The molecule has 0 unspecified atom stereocenters. The van der Waals surface area contributed by atoms with Gasteiger partial charge in [0.2, 0.25) is 0 Å². The number of hydrogen-bond acceptors (Lipinski definition) is 5. The Morgan fingerprint density at radius 3 is 2.76 bits per heavy atom. The fourth-order valence-electron chi connectivity index (χ4n) is 1.20. The predicted molar refractivity (Wildman–Crippen MR) is 63.2 cm³/mol. The average Bonchev–Trinajstić information content (AvgIpc) is 2.73. The van der Waals surface area contributed by atoms with Crippen molar-refractivity contribution in [2.45, 2.75) is 4.90 Å². The molecule has 0 atom stereocenters. The monoisotopic (exact) mass is 273 g/mol. The highest BCUT2D eigenvalue weighted by Crippen LogP contribution is 2.24. The highest BCUT2D eigenvalue weighted by molar-refractivity contribution is 7.92. The number of nitrogen functional groups attached to an aromatic ring is 1. The Morgan fingerprint density at radius 1 is 1.35 bits per heavy atom. The number of anilines is 2. The molecule has 1 aromatic heterocycles. The summed E-state index contributed by atoms with van der Waals surface area (Å²) in [6.07, 6.45) is 1.25. The lowest BCUT2D eigenvalue weighted by Gasteiger charge is -2.07. The van der Waals surface area contributed by atoms with E-state index >= 15 is 0 Å². The summed E-state index contributed by atoms with van der Waals surface area (Å²) in [6.45, 7) is 0. The van der Waals surface area contributed by atoms with Gasteiger partial charge in [-0.3, -0.25) is 4.72 Å². The van der Waals surface area contributed by atoms with Gasteiger partial charge in [-0.2, -0.15) is 0 Å². The van der Waals surface area contributed by atoms with E-state index in [0.717, 1.165) is 0 Å². The SMILES string of the molecule is Nc1ccc(Cl)cc1S(=O)(=O)Nc1ccon1. The average molecular weight is 274 g/mol. The molecule has 17 heavy (non-hydrogen) atoms. The Hall–Kier alpha value is -1.73. The minimum atomic E-state index is -3.82. The third-order valence-corrected chi connectivity index (χ3v) is 3.59. The molecular formula is C9H8ClN3O3S. The van der Waals surface area contributed by atoms with Gasteiger partial charge in [0.05, 0.1) is 5.69 Å². The van der Waals surface area contributed by atoms with Gasteiger partial charge in [0.15, 0.2) is 5.82 Å². The minimum Gasteiger partial charge on any atom is -0.398 e. The van der Waals surface area contributed by atoms with Crippen LogP contribution in [0, 0.1) is 0 Å². The van der Waals surface area contributed by atoms with Crippen molar-refractivity contribution in [3.63, 3.8) is 0 Å². The zero-order valence-electron chi connectivity index (χ0n) is 8.42. The van der Waals surface area contributed by atoms with E-state index in [1.54, 1.807) is 0 Å². The number of nitrogens with zero attached hydrogens (tertiary/aromatic N) is 1. The Bertz CT molecular complexity index is 625. The molecule has 0 aliphatic carbocycles. The first-order valence-electron chi connectivity index (χ1n) is 4.47. The lowest BCUT2D eigenvalue weighted by atomic mass is 10.3. The molecule has 0 fully saturated rings. The number of benzene rings is 1. The van der Waals surface area contributed by atoms with Crippen LogP contribution in [0.25, 0.3) is 0 Å². The first kappa shape index (κ1) is 11.7. The Balaban J connectivity index is 2.41. The van der Waals surface area contributed by atoms with E-state index in [2.05, 4.69) is 14.4 Å². The van der Waals surface area contributed by atoms with Crippen LogP contribution in [0.3, 0.4) is 0 Å². The van der Waals surface area contributed by atoms with E-state index in [0.29, 0.717) is 0 Å². The molecule has 0 aliphatic heterocycles. The Kier molecular flexibility index (Phi) is 2.95. The maximum absolute atomic E-state index is 11.9. The van der Waals surface area contributed by atoms with Gasteiger partial charge in [0.25, 0.3) is 10.0 Å². The van der Waals surface area contributed by atoms with Crippen molar-refractivity contribution in [2.75, 3.05) is 10.5 Å². The fraction of sp³-hybridized carbons (Fsp3) is 0. The van der Waals surface area contributed by atoms with Crippen molar-refractivity contribution < 1.29 is 12.9 Å². The van der Waals surface area contributed by atoms with Crippen LogP contribution in [0.15, 0.2) is 39.9 Å². The van der Waals surface area contributed by atoms with E-state index in [-0.39, 0.29) is 21.4 Å². The van der Waals surface area contributed by atoms with Crippen molar-refractivity contribution in [3.05, 3.63) is 35.6 Å². The van der Waals surface area contributed by atoms with Gasteiger partial charge in [-0.15, -0.1) is 0 Å². The summed E-state index contributed by atoms with van der Waals surface area (Å²) < 4.78 is 30.6. The second kappa shape index (κ2) is 4.27. The molecule has 2 aromatic rings. The van der Waals surface area contributed by atoms with E-state index in [1.165, 1.54) is 30.5 Å². The lowest BCUT2D eigenvalue weighted by Crippen LogP contribution is -2.15. The highest BCUT2D eigenvalue weighted by atomic mass is 35.5. The molecule has 8 heteroatoms. The van der Waals surface area contributed by atoms with Gasteiger partial charge < -0.3 is 10.3 Å². The van der Waals surface area contributed by atoms with E-state index < -0.39 is 10.0 Å². The fourth-order valence-corrected chi connectivity index (χ4v) is 2.59. The summed E-state index contributed by atoms with van der Waals surface area (Å²) >= 11 is 5.72. The molecule has 1 aromatic carbocycles. The number of nitrogens with two attached hydrogens (primary N) is 1. The molecule has 0 bridgehead atoms. The van der Waals surface area contributed by atoms with Crippen molar-refractivity contribution in [1.29, 1.82) is 0 Å². The Labute approximate surface area is 102 Å². The van der Waals surface area contributed by atoms with Crippen LogP contribution < -0.4 is 10.5 Å². The standard InChI is InChI=1S/C9H8ClN3O3S/c10-6-1-2-7(11)8(5-6)17(14,15)13-9-3-4-16-12-9/h1-5H,11H2,(H,12,13). The van der Waals surface area contributed by atoms with Gasteiger partial charge in [0, 0.05) is 11.1 Å². The molecule has 90 valence electrons. The van der Waals surface area contributed by atoms with Crippen LogP contribution in [0.1, 0.15) is 0 Å². The van der Waals surface area contributed by atoms with Gasteiger partial charge in [-0.1, -0.05) is 16.8 Å². The summed E-state index contributed by atoms with van der Waals surface area (Å²) in [7, 11) is -3.82. The maximum Gasteiger partial charge on any atom is 0.265 e. The number of aromatic nitrogens is 1. The highest BCUT2D eigenvalue weighted by Gasteiger charge is 2.19. The largest absolute Gasteiger partial charge is 0.398 e. The van der Waals surface area contributed by atoms with Gasteiger partial charge >= 0.3 is 0 Å². The van der Waals surface area contributed by atoms with Gasteiger partial charge in [0.1, 0.15) is 11.2 Å². The van der Waals surface area contributed by atoms with E-state index in [9.17, 15) is 8.42 Å². The minimum absolute atomic E-state index is 0.0735. The molecule has 2 rings (SSSR count). The molecule has 0 saturated heterocycles. The van der Waals surface area contributed by atoms with E-state index in [4.69, 9.17) is 17.3 Å². The normalized spacial score (nSPS) is 11.4. The number of rotatable bonds is 3. The van der Waals surface area contributed by atoms with Crippen LogP contribution in [0.4, 0.5) is 11.5 Å². The summed E-state index contributed by atoms with van der Waals surface area (Å²) in [6, 6.07) is 5.56. The molecule has 0 saturated carbocycles. The number of nitrogens with one attached hydrogen (secondary N) is 1. The first-order chi connectivity index (χ1) is 7.99. The molecular weight excluding hydrogens is 266 g/mol. The van der Waals surface area contributed by atoms with Crippen molar-refractivity contribution in [1.82, 2.24) is 5.16 Å². The van der Waals surface area contributed by atoms with Gasteiger partial charge in [-0.25, -0.2) is 8.42 Å². The van der Waals surface area contributed by atoms with Crippen LogP contribution in [-0.4, -0.2) is 13.6 Å². The molecule has 0 radical (unpaired) electrons. The molecule has 6 nitrogen and oxygen atoms in total. The number of hydrogen-bond donors (Lipinski definition) is 2. The lowest BCUT2D eigenvalue weighted by molar-refractivity contribution is 0.423. The number of sulfonamides is 1. The summed E-state index contributed by atoms with van der Waals surface area (Å²) in [5.41, 5.74) is 5.69. The first-order valence-corrected chi connectivity index (χ1v) is 6.33. The molecule has 1 heterocycles. The van der Waals surface area contributed by atoms with Gasteiger partial charge in [-0.05, 0) is 18.2 Å². The zero-order chi connectivity index (χ0) is 12.5. The summed E-state index contributed by atoms with van der Waals surface area (Å²) in [5.74, 6) is 0.0735. The second-order valence-corrected chi connectivity index (χ2v) is 5.26. The summed E-state index contributed by atoms with van der Waals surface area (Å²) in [5, 5.41) is 3.72. The molecule has 0 amide bonds. The quantitative estimate of drug-likeness (QED) is 0.830. The molecule has 3 N–H and O–H groups in total. The second-order valence-electron chi connectivity index (χ2n) is 3.17. The third-order valence-electron chi connectivity index (χ3n) is 1.94. The molecule has 0 aliphatic rings. The van der Waals surface area contributed by atoms with Crippen molar-refractivity contribution in [3.8, 4) is 0 Å². The summed E-state index contributed by atoms with van der Waals surface area (Å²) in [4.78, 5) is -0.104. The van der Waals surface area contributed by atoms with Crippen LogP contribution in [-0.2, 0) is 10.0 Å². The Morgan fingerprint density at radius 2 is 2.12 bits per heavy atom. The van der Waals surface area contributed by atoms with E-state index in [1.807, 2.05) is 0 Å². The zero-order valence-corrected chi connectivity index (χ0v) is 9.99. The van der Waals surface area contributed by atoms with Crippen LogP contribution >= 0.6 is 11.6 Å².